The summed E-state index contributed by atoms with van der Waals surface area (Å²) in [6.45, 7) is 3.83. The van der Waals surface area contributed by atoms with E-state index in [0.29, 0.717) is 6.04 Å². The molecule has 3 rings (SSSR count). The van der Waals surface area contributed by atoms with Crippen molar-refractivity contribution in [2.75, 3.05) is 6.54 Å². The Bertz CT molecular complexity index is 642. The van der Waals surface area contributed by atoms with E-state index < -0.39 is 0 Å². The van der Waals surface area contributed by atoms with Crippen molar-refractivity contribution in [1.82, 2.24) is 29.9 Å². The van der Waals surface area contributed by atoms with Crippen molar-refractivity contribution < 1.29 is 0 Å². The number of rotatable bonds is 6. The summed E-state index contributed by atoms with van der Waals surface area (Å²) in [5.41, 5.74) is 2.38. The van der Waals surface area contributed by atoms with Crippen LogP contribution < -0.4 is 5.32 Å². The van der Waals surface area contributed by atoms with Crippen molar-refractivity contribution in [3.8, 4) is 5.69 Å². The van der Waals surface area contributed by atoms with Gasteiger partial charge in [-0.15, -0.1) is 5.10 Å². The number of aromatic nitrogens is 5. The van der Waals surface area contributed by atoms with Crippen LogP contribution in [0.25, 0.3) is 5.69 Å². The second-order valence-electron chi connectivity index (χ2n) is 4.90. The van der Waals surface area contributed by atoms with E-state index in [1.807, 2.05) is 21.6 Å². The molecule has 0 fully saturated rings. The van der Waals surface area contributed by atoms with Crippen LogP contribution >= 0.6 is 0 Å². The first kappa shape index (κ1) is 13.5. The summed E-state index contributed by atoms with van der Waals surface area (Å²) in [6.07, 6.45) is 9.08. The van der Waals surface area contributed by atoms with Gasteiger partial charge in [0.1, 0.15) is 0 Å². The van der Waals surface area contributed by atoms with Crippen LogP contribution in [0.15, 0.2) is 55.4 Å². The Balaban J connectivity index is 1.56. The number of nitrogens with zero attached hydrogens (tertiary/aromatic N) is 5. The Morgan fingerprint density at radius 2 is 2.00 bits per heavy atom. The molecule has 2 heterocycles. The minimum atomic E-state index is 0.297. The van der Waals surface area contributed by atoms with Crippen molar-refractivity contribution in [2.24, 2.45) is 0 Å². The lowest BCUT2D eigenvalue weighted by Gasteiger charge is -2.14. The van der Waals surface area contributed by atoms with Crippen LogP contribution in [0.5, 0.6) is 0 Å². The summed E-state index contributed by atoms with van der Waals surface area (Å²) in [7, 11) is 0. The largest absolute Gasteiger partial charge is 0.308 e. The van der Waals surface area contributed by atoms with Gasteiger partial charge in [-0.2, -0.15) is 0 Å². The highest BCUT2D eigenvalue weighted by atomic mass is 15.4. The molecule has 6 heteroatoms. The van der Waals surface area contributed by atoms with E-state index in [1.54, 1.807) is 18.7 Å². The summed E-state index contributed by atoms with van der Waals surface area (Å²) in [5.74, 6) is 0. The first-order valence-corrected chi connectivity index (χ1v) is 6.99. The van der Waals surface area contributed by atoms with E-state index in [1.165, 1.54) is 5.56 Å². The maximum Gasteiger partial charge on any atom is 0.0991 e. The number of benzene rings is 1. The van der Waals surface area contributed by atoms with Crippen LogP contribution in [-0.4, -0.2) is 31.1 Å². The van der Waals surface area contributed by atoms with Gasteiger partial charge in [-0.3, -0.25) is 4.68 Å². The predicted molar refractivity (Wildman–Crippen MR) is 80.0 cm³/mol. The molecule has 21 heavy (non-hydrogen) atoms. The number of hydrogen-bond acceptors (Lipinski definition) is 4. The predicted octanol–water partition coefficient (Wildman–Crippen LogP) is 1.81. The molecule has 1 aromatic carbocycles. The normalized spacial score (nSPS) is 12.4. The Labute approximate surface area is 123 Å². The fourth-order valence-electron chi connectivity index (χ4n) is 2.21. The molecule has 0 amide bonds. The van der Waals surface area contributed by atoms with Crippen LogP contribution in [0.2, 0.25) is 0 Å². The molecule has 3 aromatic rings. The van der Waals surface area contributed by atoms with Gasteiger partial charge in [-0.05, 0) is 24.6 Å². The first-order valence-electron chi connectivity index (χ1n) is 6.99. The van der Waals surface area contributed by atoms with Crippen LogP contribution in [-0.2, 0) is 6.54 Å². The number of hydrogen-bond donors (Lipinski definition) is 1. The second-order valence-corrected chi connectivity index (χ2v) is 4.90. The molecule has 1 N–H and O–H groups in total. The molecule has 0 saturated heterocycles. The molecule has 0 radical (unpaired) electrons. The summed E-state index contributed by atoms with van der Waals surface area (Å²) in [5, 5.41) is 11.2. The monoisotopic (exact) mass is 282 g/mol. The average molecular weight is 282 g/mol. The summed E-state index contributed by atoms with van der Waals surface area (Å²) >= 11 is 0. The number of nitrogens with one attached hydrogen (secondary N) is 1. The minimum Gasteiger partial charge on any atom is -0.308 e. The third-order valence-corrected chi connectivity index (χ3v) is 3.46. The molecule has 0 aliphatic rings. The van der Waals surface area contributed by atoms with Gasteiger partial charge >= 0.3 is 0 Å². The SMILES string of the molecule is CC(NCCn1ccnn1)c1ccc(-n2ccnc2)cc1. The van der Waals surface area contributed by atoms with Gasteiger partial charge in [0.25, 0.3) is 0 Å². The second kappa shape index (κ2) is 6.32. The Hall–Kier alpha value is -2.47. The third kappa shape index (κ3) is 3.35. The average Bonchev–Trinajstić information content (AvgIpc) is 3.21. The number of imidazole rings is 1. The van der Waals surface area contributed by atoms with Gasteiger partial charge in [0.05, 0.1) is 19.1 Å². The molecule has 2 aromatic heterocycles. The Morgan fingerprint density at radius 1 is 1.14 bits per heavy atom. The lowest BCUT2D eigenvalue weighted by atomic mass is 10.1. The smallest absolute Gasteiger partial charge is 0.0991 e. The molecule has 6 nitrogen and oxygen atoms in total. The van der Waals surface area contributed by atoms with Crippen LogP contribution in [0.1, 0.15) is 18.5 Å². The molecule has 0 saturated carbocycles. The van der Waals surface area contributed by atoms with Gasteiger partial charge in [0, 0.05) is 36.9 Å². The molecular weight excluding hydrogens is 264 g/mol. The Morgan fingerprint density at radius 3 is 2.67 bits per heavy atom. The van der Waals surface area contributed by atoms with Crippen molar-refractivity contribution in [3.63, 3.8) is 0 Å². The van der Waals surface area contributed by atoms with Crippen molar-refractivity contribution >= 4 is 0 Å². The fourth-order valence-corrected chi connectivity index (χ4v) is 2.21. The molecule has 0 spiro atoms. The summed E-state index contributed by atoms with van der Waals surface area (Å²) in [4.78, 5) is 4.06. The minimum absolute atomic E-state index is 0.297. The lowest BCUT2D eigenvalue weighted by Crippen LogP contribution is -2.23. The van der Waals surface area contributed by atoms with E-state index in [0.717, 1.165) is 18.8 Å². The zero-order valence-electron chi connectivity index (χ0n) is 11.9. The molecular formula is C15H18N6. The van der Waals surface area contributed by atoms with E-state index in [4.69, 9.17) is 0 Å². The van der Waals surface area contributed by atoms with Gasteiger partial charge < -0.3 is 9.88 Å². The maximum atomic E-state index is 4.06. The van der Waals surface area contributed by atoms with Crippen molar-refractivity contribution in [3.05, 3.63) is 60.9 Å². The first-order chi connectivity index (χ1) is 10.3. The zero-order chi connectivity index (χ0) is 14.5. The Kier molecular flexibility index (Phi) is 4.07. The van der Waals surface area contributed by atoms with Gasteiger partial charge in [0.2, 0.25) is 0 Å². The zero-order valence-corrected chi connectivity index (χ0v) is 11.9. The van der Waals surface area contributed by atoms with Gasteiger partial charge in [-0.1, -0.05) is 17.3 Å². The highest BCUT2D eigenvalue weighted by Crippen LogP contribution is 2.15. The molecule has 0 aliphatic carbocycles. The van der Waals surface area contributed by atoms with Gasteiger partial charge in [-0.25, -0.2) is 4.98 Å². The lowest BCUT2D eigenvalue weighted by molar-refractivity contribution is 0.499. The fraction of sp³-hybridized carbons (Fsp3) is 0.267. The van der Waals surface area contributed by atoms with E-state index in [2.05, 4.69) is 51.8 Å². The van der Waals surface area contributed by atoms with Crippen LogP contribution in [0, 0.1) is 0 Å². The van der Waals surface area contributed by atoms with E-state index in [-0.39, 0.29) is 0 Å². The molecule has 0 bridgehead atoms. The molecule has 108 valence electrons. The topological polar surface area (TPSA) is 60.6 Å². The van der Waals surface area contributed by atoms with Crippen LogP contribution in [0.4, 0.5) is 0 Å². The standard InChI is InChI=1S/C15H18N6/c1-13(17-7-10-21-11-8-18-19-21)14-2-4-15(5-3-14)20-9-6-16-12-20/h2-6,8-9,11-13,17H,7,10H2,1H3. The highest BCUT2D eigenvalue weighted by molar-refractivity contribution is 5.35. The van der Waals surface area contributed by atoms with Crippen LogP contribution in [0.3, 0.4) is 0 Å². The summed E-state index contributed by atoms with van der Waals surface area (Å²) in [6, 6.07) is 8.79. The molecule has 1 unspecified atom stereocenters. The highest BCUT2D eigenvalue weighted by Gasteiger charge is 2.05. The van der Waals surface area contributed by atoms with Crippen molar-refractivity contribution in [1.29, 1.82) is 0 Å². The third-order valence-electron chi connectivity index (χ3n) is 3.46. The molecule has 0 aliphatic heterocycles. The van der Waals surface area contributed by atoms with Gasteiger partial charge in [0.15, 0.2) is 0 Å². The van der Waals surface area contributed by atoms with E-state index in [9.17, 15) is 0 Å². The van der Waals surface area contributed by atoms with Crippen molar-refractivity contribution in [2.45, 2.75) is 19.5 Å². The summed E-state index contributed by atoms with van der Waals surface area (Å²) < 4.78 is 3.81. The molecule has 1 atom stereocenters. The van der Waals surface area contributed by atoms with E-state index >= 15 is 0 Å². The quantitative estimate of drug-likeness (QED) is 0.749. The maximum absolute atomic E-state index is 4.06.